The highest BCUT2D eigenvalue weighted by Gasteiger charge is 2.23. The molecule has 3 rings (SSSR count). The van der Waals surface area contributed by atoms with Gasteiger partial charge in [0.1, 0.15) is 17.7 Å². The molecule has 1 fully saturated rings. The van der Waals surface area contributed by atoms with Crippen molar-refractivity contribution in [1.82, 2.24) is 9.97 Å². The number of primary amides is 1. The fourth-order valence-corrected chi connectivity index (χ4v) is 3.46. The standard InChI is InChI=1S/C19H27N9O/c1-11-6-12(8-13(7-11)28-24-10-20)25-18-14(17(22)29)9-23-19(27-18)26-16-5-3-2-4-15(16)21/h6-10,15-16,28H,2-5,21H2,1H3,(H2,20,24)(H2,22,29)(H2,23,25,26,27)/p+1/t15-,16+/m0/s1. The lowest BCUT2D eigenvalue weighted by molar-refractivity contribution is -0.577. The second kappa shape index (κ2) is 9.30. The average Bonchev–Trinajstić information content (AvgIpc) is 2.68. The topological polar surface area (TPSA) is 174 Å². The van der Waals surface area contributed by atoms with Crippen molar-refractivity contribution in [1.29, 1.82) is 0 Å². The third-order valence-electron chi connectivity index (χ3n) is 4.86. The quantitative estimate of drug-likeness (QED) is 0.129. The molecule has 2 atom stereocenters. The predicted octanol–water partition coefficient (Wildman–Crippen LogP) is 0.406. The number of hydrogen-bond donors (Lipinski definition) is 6. The zero-order chi connectivity index (χ0) is 20.8. The molecule has 0 bridgehead atoms. The fraction of sp³-hybridized carbons (Fsp3) is 0.368. The maximum Gasteiger partial charge on any atom is 0.254 e. The minimum Gasteiger partial charge on any atom is -0.385 e. The molecule has 10 nitrogen and oxygen atoms in total. The Morgan fingerprint density at radius 3 is 2.83 bits per heavy atom. The third kappa shape index (κ3) is 5.39. The first-order valence-electron chi connectivity index (χ1n) is 9.60. The van der Waals surface area contributed by atoms with E-state index in [2.05, 4.69) is 25.7 Å². The largest absolute Gasteiger partial charge is 0.385 e. The molecule has 29 heavy (non-hydrogen) atoms. The van der Waals surface area contributed by atoms with Gasteiger partial charge in [-0.15, -0.1) is 0 Å². The van der Waals surface area contributed by atoms with Crippen LogP contribution in [0.25, 0.3) is 0 Å². The van der Waals surface area contributed by atoms with E-state index in [-0.39, 0.29) is 17.6 Å². The summed E-state index contributed by atoms with van der Waals surface area (Å²) in [6.45, 7) is 1.96. The Morgan fingerprint density at radius 2 is 2.10 bits per heavy atom. The van der Waals surface area contributed by atoms with E-state index in [0.717, 1.165) is 42.6 Å². The highest BCUT2D eigenvalue weighted by molar-refractivity contribution is 5.98. The summed E-state index contributed by atoms with van der Waals surface area (Å²) in [4.78, 5) is 20.6. The van der Waals surface area contributed by atoms with Crippen LogP contribution in [0, 0.1) is 6.92 Å². The molecule has 1 heterocycles. The molecule has 1 aromatic carbocycles. The van der Waals surface area contributed by atoms with Crippen molar-refractivity contribution in [3.63, 3.8) is 0 Å². The number of carbonyl (C=O) groups is 1. The SMILES string of the molecule is Cc1cc(Nc2nc(N[C@@H]3CCCC[C@@H]3N)ncc2C(N)=O)cc([NH2+]/N=C\N)c1. The molecular formula is C19H28N9O+. The number of anilines is 3. The molecule has 10 N–H and O–H groups in total. The Kier molecular flexibility index (Phi) is 6.57. The van der Waals surface area contributed by atoms with Gasteiger partial charge < -0.3 is 27.8 Å². The lowest BCUT2D eigenvalue weighted by Crippen LogP contribution is -2.71. The summed E-state index contributed by atoms with van der Waals surface area (Å²) in [5.41, 5.74) is 21.5. The van der Waals surface area contributed by atoms with Gasteiger partial charge in [0.2, 0.25) is 5.95 Å². The number of nitrogens with one attached hydrogen (secondary N) is 2. The second-order valence-electron chi connectivity index (χ2n) is 7.20. The summed E-state index contributed by atoms with van der Waals surface area (Å²) in [7, 11) is 0. The molecule has 10 heteroatoms. The van der Waals surface area contributed by atoms with Crippen LogP contribution in [0.4, 0.5) is 23.1 Å². The van der Waals surface area contributed by atoms with Gasteiger partial charge in [0, 0.05) is 36.1 Å². The van der Waals surface area contributed by atoms with E-state index in [1.54, 1.807) is 5.43 Å². The van der Waals surface area contributed by atoms with Crippen LogP contribution in [0.5, 0.6) is 0 Å². The first-order chi connectivity index (χ1) is 14.0. The number of nitrogens with zero attached hydrogens (tertiary/aromatic N) is 3. The molecule has 2 aromatic rings. The van der Waals surface area contributed by atoms with E-state index >= 15 is 0 Å². The molecule has 1 aromatic heterocycles. The van der Waals surface area contributed by atoms with Crippen molar-refractivity contribution in [2.45, 2.75) is 44.7 Å². The van der Waals surface area contributed by atoms with Gasteiger partial charge in [0.05, 0.1) is 0 Å². The molecule has 1 aliphatic carbocycles. The maximum absolute atomic E-state index is 11.9. The Morgan fingerprint density at radius 1 is 1.31 bits per heavy atom. The molecule has 0 unspecified atom stereocenters. The molecule has 154 valence electrons. The fourth-order valence-electron chi connectivity index (χ4n) is 3.46. The summed E-state index contributed by atoms with van der Waals surface area (Å²) >= 11 is 0. The number of rotatable bonds is 7. The van der Waals surface area contributed by atoms with E-state index in [9.17, 15) is 4.79 Å². The molecule has 0 saturated heterocycles. The van der Waals surface area contributed by atoms with Crippen LogP contribution >= 0.6 is 0 Å². The Bertz CT molecular complexity index is 899. The monoisotopic (exact) mass is 398 g/mol. The minimum absolute atomic E-state index is 0.0533. The van der Waals surface area contributed by atoms with Crippen LogP contribution in [0.1, 0.15) is 41.6 Å². The molecule has 0 radical (unpaired) electrons. The van der Waals surface area contributed by atoms with E-state index in [1.807, 2.05) is 25.1 Å². The Hall–Kier alpha value is -3.24. The lowest BCUT2D eigenvalue weighted by Gasteiger charge is -2.29. The van der Waals surface area contributed by atoms with Gasteiger partial charge in [0.25, 0.3) is 5.91 Å². The molecule has 0 aliphatic heterocycles. The van der Waals surface area contributed by atoms with Crippen LogP contribution in [0.2, 0.25) is 0 Å². The molecule has 1 amide bonds. The van der Waals surface area contributed by atoms with E-state index < -0.39 is 5.91 Å². The number of benzene rings is 1. The smallest absolute Gasteiger partial charge is 0.254 e. The van der Waals surface area contributed by atoms with Crippen molar-refractivity contribution in [2.24, 2.45) is 22.3 Å². The van der Waals surface area contributed by atoms with Crippen LogP contribution in [0.15, 0.2) is 29.5 Å². The van der Waals surface area contributed by atoms with Crippen molar-refractivity contribution >= 4 is 35.4 Å². The van der Waals surface area contributed by atoms with Gasteiger partial charge in [-0.25, -0.2) is 4.98 Å². The zero-order valence-corrected chi connectivity index (χ0v) is 16.4. The zero-order valence-electron chi connectivity index (χ0n) is 16.4. The van der Waals surface area contributed by atoms with Crippen molar-refractivity contribution < 1.29 is 10.2 Å². The van der Waals surface area contributed by atoms with Gasteiger partial charge in [0.15, 0.2) is 5.69 Å². The molecule has 1 saturated carbocycles. The van der Waals surface area contributed by atoms with Crippen molar-refractivity contribution in [2.75, 3.05) is 10.6 Å². The predicted molar refractivity (Wildman–Crippen MR) is 113 cm³/mol. The third-order valence-corrected chi connectivity index (χ3v) is 4.86. The number of aromatic nitrogens is 2. The maximum atomic E-state index is 11.9. The van der Waals surface area contributed by atoms with Gasteiger partial charge >= 0.3 is 0 Å². The summed E-state index contributed by atoms with van der Waals surface area (Å²) in [6, 6.07) is 5.92. The minimum atomic E-state index is -0.611. The highest BCUT2D eigenvalue weighted by atomic mass is 16.1. The van der Waals surface area contributed by atoms with Crippen LogP contribution < -0.4 is 33.3 Å². The number of quaternary nitrogens is 1. The van der Waals surface area contributed by atoms with Crippen LogP contribution in [-0.4, -0.2) is 34.3 Å². The summed E-state index contributed by atoms with van der Waals surface area (Å²) in [5, 5.41) is 10.4. The van der Waals surface area contributed by atoms with E-state index in [0.29, 0.717) is 11.8 Å². The van der Waals surface area contributed by atoms with Gasteiger partial charge in [-0.1, -0.05) is 17.9 Å². The van der Waals surface area contributed by atoms with Gasteiger partial charge in [-0.05, 0) is 31.4 Å². The Balaban J connectivity index is 1.86. The summed E-state index contributed by atoms with van der Waals surface area (Å²) in [5.74, 6) is 0.130. The number of aryl methyl sites for hydroxylation is 1. The van der Waals surface area contributed by atoms with E-state index in [4.69, 9.17) is 17.2 Å². The van der Waals surface area contributed by atoms with Crippen LogP contribution in [0.3, 0.4) is 0 Å². The molecule has 0 spiro atoms. The van der Waals surface area contributed by atoms with Crippen molar-refractivity contribution in [3.8, 4) is 0 Å². The first kappa shape index (κ1) is 20.5. The van der Waals surface area contributed by atoms with E-state index in [1.165, 1.54) is 12.5 Å². The number of hydrogen-bond acceptors (Lipinski definition) is 7. The number of carbonyl (C=O) groups excluding carboxylic acids is 1. The summed E-state index contributed by atoms with van der Waals surface area (Å²) < 4.78 is 0. The lowest BCUT2D eigenvalue weighted by atomic mass is 9.91. The normalized spacial score (nSPS) is 19.2. The van der Waals surface area contributed by atoms with Crippen LogP contribution in [-0.2, 0) is 0 Å². The number of nitrogens with two attached hydrogens (primary N) is 4. The summed E-state index contributed by atoms with van der Waals surface area (Å²) in [6.07, 6.45) is 6.83. The second-order valence-corrected chi connectivity index (χ2v) is 7.20. The first-order valence-corrected chi connectivity index (χ1v) is 9.60. The van der Waals surface area contributed by atoms with Gasteiger partial charge in [-0.3, -0.25) is 4.79 Å². The van der Waals surface area contributed by atoms with Crippen molar-refractivity contribution in [3.05, 3.63) is 35.5 Å². The van der Waals surface area contributed by atoms with Gasteiger partial charge in [-0.2, -0.15) is 10.4 Å². The Labute approximate surface area is 169 Å². The number of amides is 1. The molecular weight excluding hydrogens is 370 g/mol. The average molecular weight is 398 g/mol. The highest BCUT2D eigenvalue weighted by Crippen LogP contribution is 2.24. The molecule has 1 aliphatic rings.